The number of hydrogen-bond donors (Lipinski definition) is 1. The number of benzene rings is 2. The summed E-state index contributed by atoms with van der Waals surface area (Å²) in [5, 5.41) is 3.26. The Hall–Kier alpha value is -2.05. The van der Waals surface area contributed by atoms with Gasteiger partial charge in [-0.3, -0.25) is 9.10 Å². The molecule has 0 spiro atoms. The van der Waals surface area contributed by atoms with Gasteiger partial charge in [-0.2, -0.15) is 0 Å². The van der Waals surface area contributed by atoms with Crippen molar-refractivity contribution in [2.24, 2.45) is 0 Å². The van der Waals surface area contributed by atoms with Gasteiger partial charge in [-0.05, 0) is 50.1 Å². The van der Waals surface area contributed by atoms with E-state index in [2.05, 4.69) is 12.2 Å². The summed E-state index contributed by atoms with van der Waals surface area (Å²) in [6, 6.07) is 11.6. The predicted octanol–water partition coefficient (Wildman–Crippen LogP) is 4.46. The lowest BCUT2D eigenvalue weighted by Gasteiger charge is -2.26. The Labute approximate surface area is 172 Å². The number of amides is 1. The van der Waals surface area contributed by atoms with E-state index in [1.165, 1.54) is 0 Å². The highest BCUT2D eigenvalue weighted by atomic mass is 35.5. The molecule has 0 aromatic heterocycles. The van der Waals surface area contributed by atoms with Gasteiger partial charge in [0.25, 0.3) is 10.0 Å². The molecule has 0 atom stereocenters. The number of anilines is 1. The van der Waals surface area contributed by atoms with E-state index in [4.69, 9.17) is 11.6 Å². The fourth-order valence-corrected chi connectivity index (χ4v) is 4.44. The summed E-state index contributed by atoms with van der Waals surface area (Å²) < 4.78 is 27.8. The number of nitrogens with zero attached hydrogens (tertiary/aromatic N) is 1. The van der Waals surface area contributed by atoms with Gasteiger partial charge in [0.15, 0.2) is 0 Å². The molecule has 2 aromatic rings. The molecule has 1 amide bonds. The molecule has 2 aromatic carbocycles. The zero-order valence-electron chi connectivity index (χ0n) is 16.5. The van der Waals surface area contributed by atoms with Crippen LogP contribution in [0, 0.1) is 13.8 Å². The molecule has 1 N–H and O–H groups in total. The van der Waals surface area contributed by atoms with Crippen LogP contribution in [-0.4, -0.2) is 27.4 Å². The van der Waals surface area contributed by atoms with E-state index in [-0.39, 0.29) is 17.3 Å². The molecule has 0 aliphatic heterocycles. The minimum absolute atomic E-state index is 0.135. The van der Waals surface area contributed by atoms with Crippen molar-refractivity contribution in [2.75, 3.05) is 17.4 Å². The van der Waals surface area contributed by atoms with Crippen LogP contribution in [0.25, 0.3) is 0 Å². The van der Waals surface area contributed by atoms with Crippen LogP contribution in [-0.2, 0) is 14.8 Å². The Balaban J connectivity index is 2.37. The van der Waals surface area contributed by atoms with E-state index in [0.29, 0.717) is 22.8 Å². The van der Waals surface area contributed by atoms with Crippen molar-refractivity contribution in [3.8, 4) is 0 Å². The second kappa shape index (κ2) is 9.94. The van der Waals surface area contributed by atoms with Crippen molar-refractivity contribution in [3.05, 3.63) is 58.6 Å². The smallest absolute Gasteiger partial charge is 0.264 e. The van der Waals surface area contributed by atoms with Gasteiger partial charge in [-0.25, -0.2) is 8.42 Å². The Morgan fingerprint density at radius 1 is 1.07 bits per heavy atom. The van der Waals surface area contributed by atoms with Crippen molar-refractivity contribution >= 4 is 33.2 Å². The van der Waals surface area contributed by atoms with Crippen LogP contribution in [0.15, 0.2) is 47.4 Å². The van der Waals surface area contributed by atoms with Crippen LogP contribution in [0.1, 0.15) is 37.3 Å². The lowest BCUT2D eigenvalue weighted by molar-refractivity contribution is -0.119. The third kappa shape index (κ3) is 5.49. The summed E-state index contributed by atoms with van der Waals surface area (Å²) in [4.78, 5) is 12.6. The van der Waals surface area contributed by atoms with Gasteiger partial charge in [0, 0.05) is 11.6 Å². The molecular formula is C21H27ClN2O3S. The number of carbonyl (C=O) groups excluding carboxylic acids is 1. The number of nitrogens with one attached hydrogen (secondary N) is 1. The first-order chi connectivity index (χ1) is 13.3. The number of aryl methyl sites for hydroxylation is 1. The second-order valence-corrected chi connectivity index (χ2v) is 9.04. The number of sulfonamides is 1. The van der Waals surface area contributed by atoms with Gasteiger partial charge in [-0.1, -0.05) is 55.1 Å². The third-order valence-electron chi connectivity index (χ3n) is 4.51. The largest absolute Gasteiger partial charge is 0.355 e. The molecule has 7 heteroatoms. The monoisotopic (exact) mass is 422 g/mol. The van der Waals surface area contributed by atoms with Crippen LogP contribution < -0.4 is 9.62 Å². The van der Waals surface area contributed by atoms with Gasteiger partial charge < -0.3 is 5.32 Å². The lowest BCUT2D eigenvalue weighted by atomic mass is 10.2. The van der Waals surface area contributed by atoms with Gasteiger partial charge in [0.1, 0.15) is 6.54 Å². The Morgan fingerprint density at radius 2 is 1.75 bits per heavy atom. The minimum Gasteiger partial charge on any atom is -0.355 e. The molecule has 0 aliphatic carbocycles. The van der Waals surface area contributed by atoms with E-state index in [1.807, 2.05) is 6.92 Å². The maximum absolute atomic E-state index is 13.3. The molecule has 0 heterocycles. The van der Waals surface area contributed by atoms with Crippen LogP contribution >= 0.6 is 11.6 Å². The topological polar surface area (TPSA) is 66.5 Å². The molecule has 0 bridgehead atoms. The van der Waals surface area contributed by atoms with Crippen molar-refractivity contribution in [3.63, 3.8) is 0 Å². The number of carbonyl (C=O) groups is 1. The van der Waals surface area contributed by atoms with Gasteiger partial charge in [0.2, 0.25) is 5.91 Å². The van der Waals surface area contributed by atoms with Crippen molar-refractivity contribution in [2.45, 2.75) is 44.9 Å². The minimum atomic E-state index is -3.93. The summed E-state index contributed by atoms with van der Waals surface area (Å²) in [5.41, 5.74) is 1.97. The maximum Gasteiger partial charge on any atom is 0.264 e. The quantitative estimate of drug-likeness (QED) is 0.606. The molecule has 2 rings (SSSR count). The Bertz CT molecular complexity index is 912. The highest BCUT2D eigenvalue weighted by molar-refractivity contribution is 7.92. The van der Waals surface area contributed by atoms with Gasteiger partial charge >= 0.3 is 0 Å². The fraction of sp³-hybridized carbons (Fsp3) is 0.381. The highest BCUT2D eigenvalue weighted by Gasteiger charge is 2.28. The number of hydrogen-bond acceptors (Lipinski definition) is 3. The maximum atomic E-state index is 13.3. The molecule has 0 fully saturated rings. The molecule has 5 nitrogen and oxygen atoms in total. The fourth-order valence-electron chi connectivity index (χ4n) is 2.79. The normalized spacial score (nSPS) is 11.3. The van der Waals surface area contributed by atoms with Gasteiger partial charge in [-0.15, -0.1) is 0 Å². The molecule has 0 radical (unpaired) electrons. The number of halogens is 1. The first-order valence-corrected chi connectivity index (χ1v) is 11.2. The SMILES string of the molecule is CCCCCNC(=O)CN(c1cccc(Cl)c1C)S(=O)(=O)c1ccc(C)cc1. The van der Waals surface area contributed by atoms with E-state index >= 15 is 0 Å². The average molecular weight is 423 g/mol. The van der Waals surface area contributed by atoms with Crippen LogP contribution in [0.2, 0.25) is 5.02 Å². The van der Waals surface area contributed by atoms with Crippen LogP contribution in [0.4, 0.5) is 5.69 Å². The number of rotatable bonds is 9. The second-order valence-electron chi connectivity index (χ2n) is 6.77. The van der Waals surface area contributed by atoms with Crippen LogP contribution in [0.3, 0.4) is 0 Å². The molecule has 0 unspecified atom stereocenters. The summed E-state index contributed by atoms with van der Waals surface area (Å²) in [7, 11) is -3.93. The molecule has 0 saturated carbocycles. The van der Waals surface area contributed by atoms with Crippen LogP contribution in [0.5, 0.6) is 0 Å². The molecule has 28 heavy (non-hydrogen) atoms. The van der Waals surface area contributed by atoms with E-state index in [9.17, 15) is 13.2 Å². The Morgan fingerprint density at radius 3 is 2.39 bits per heavy atom. The third-order valence-corrected chi connectivity index (χ3v) is 6.69. The van der Waals surface area contributed by atoms with E-state index < -0.39 is 10.0 Å². The number of unbranched alkanes of at least 4 members (excludes halogenated alkanes) is 2. The average Bonchev–Trinajstić information content (AvgIpc) is 2.66. The Kier molecular flexibility index (Phi) is 7.89. The highest BCUT2D eigenvalue weighted by Crippen LogP contribution is 2.30. The summed E-state index contributed by atoms with van der Waals surface area (Å²) in [6.07, 6.45) is 2.92. The van der Waals surface area contributed by atoms with Crippen molar-refractivity contribution < 1.29 is 13.2 Å². The standard InChI is InChI=1S/C21H27ClN2O3S/c1-4-5-6-14-23-21(25)15-24(20-9-7-8-19(22)17(20)3)28(26,27)18-12-10-16(2)11-13-18/h7-13H,4-6,14-15H2,1-3H3,(H,23,25). The first kappa shape index (κ1) is 22.2. The first-order valence-electron chi connectivity index (χ1n) is 9.38. The van der Waals surface area contributed by atoms with Gasteiger partial charge in [0.05, 0.1) is 10.6 Å². The van der Waals surface area contributed by atoms with Crippen molar-refractivity contribution in [1.82, 2.24) is 5.32 Å². The molecule has 0 aliphatic rings. The van der Waals surface area contributed by atoms with E-state index in [0.717, 1.165) is 29.1 Å². The lowest BCUT2D eigenvalue weighted by Crippen LogP contribution is -2.41. The summed E-state index contributed by atoms with van der Waals surface area (Å²) in [5.74, 6) is -0.342. The molecular weight excluding hydrogens is 396 g/mol. The summed E-state index contributed by atoms with van der Waals surface area (Å²) >= 11 is 6.21. The summed E-state index contributed by atoms with van der Waals surface area (Å²) in [6.45, 7) is 5.94. The zero-order chi connectivity index (χ0) is 20.7. The van der Waals surface area contributed by atoms with E-state index in [1.54, 1.807) is 49.4 Å². The van der Waals surface area contributed by atoms with Crippen molar-refractivity contribution in [1.29, 1.82) is 0 Å². The molecule has 0 saturated heterocycles. The zero-order valence-corrected chi connectivity index (χ0v) is 18.1. The predicted molar refractivity (Wildman–Crippen MR) is 114 cm³/mol. The molecule has 152 valence electrons.